The fourth-order valence-electron chi connectivity index (χ4n) is 3.50. The van der Waals surface area contributed by atoms with Gasteiger partial charge in [0.25, 0.3) is 5.91 Å². The van der Waals surface area contributed by atoms with E-state index >= 15 is 0 Å². The Morgan fingerprint density at radius 2 is 1.83 bits per heavy atom. The summed E-state index contributed by atoms with van der Waals surface area (Å²) >= 11 is 0. The van der Waals surface area contributed by atoms with E-state index in [1.54, 1.807) is 6.20 Å². The van der Waals surface area contributed by atoms with Crippen LogP contribution >= 0.6 is 0 Å². The summed E-state index contributed by atoms with van der Waals surface area (Å²) in [7, 11) is 0. The summed E-state index contributed by atoms with van der Waals surface area (Å²) in [6, 6.07) is 12.2. The van der Waals surface area contributed by atoms with Crippen LogP contribution in [0.15, 0.2) is 42.6 Å². The predicted molar refractivity (Wildman–Crippen MR) is 115 cm³/mol. The second-order valence-electron chi connectivity index (χ2n) is 7.68. The second-order valence-corrected chi connectivity index (χ2v) is 7.68. The van der Waals surface area contributed by atoms with Crippen molar-refractivity contribution in [2.24, 2.45) is 0 Å². The zero-order valence-electron chi connectivity index (χ0n) is 17.1. The molecule has 0 atom stereocenters. The molecule has 2 aromatic heterocycles. The Kier molecular flexibility index (Phi) is 5.45. The summed E-state index contributed by atoms with van der Waals surface area (Å²) in [5, 5.41) is 4.30. The van der Waals surface area contributed by atoms with Crippen molar-refractivity contribution in [2.75, 3.05) is 31.6 Å². The second kappa shape index (κ2) is 8.17. The fourth-order valence-corrected chi connectivity index (χ4v) is 3.50. The van der Waals surface area contributed by atoms with Crippen molar-refractivity contribution in [1.82, 2.24) is 14.9 Å². The largest absolute Gasteiger partial charge is 0.378 e. The van der Waals surface area contributed by atoms with E-state index in [1.807, 2.05) is 36.1 Å². The standard InChI is InChI=1S/C23H26N4O2/c1-15(2)17-5-7-18(8-6-17)26-21-19-9-4-16(3)25-22(19)24-14-20(21)23(28)27-10-12-29-13-11-27/h4-9,14-15H,10-13H2,1-3H3,(H,24,25,26). The van der Waals surface area contributed by atoms with Gasteiger partial charge in [-0.15, -0.1) is 0 Å². The van der Waals surface area contributed by atoms with Gasteiger partial charge in [-0.05, 0) is 42.7 Å². The van der Waals surface area contributed by atoms with Crippen LogP contribution in [-0.4, -0.2) is 47.1 Å². The first kappa shape index (κ1) is 19.3. The van der Waals surface area contributed by atoms with Gasteiger partial charge in [0.15, 0.2) is 5.65 Å². The number of carbonyl (C=O) groups is 1. The molecule has 0 saturated carbocycles. The number of nitrogens with one attached hydrogen (secondary N) is 1. The van der Waals surface area contributed by atoms with Crippen LogP contribution in [0.5, 0.6) is 0 Å². The topological polar surface area (TPSA) is 67.4 Å². The van der Waals surface area contributed by atoms with Gasteiger partial charge < -0.3 is 15.0 Å². The molecule has 4 rings (SSSR count). The number of morpholine rings is 1. The Morgan fingerprint density at radius 3 is 2.52 bits per heavy atom. The average molecular weight is 390 g/mol. The van der Waals surface area contributed by atoms with Crippen molar-refractivity contribution < 1.29 is 9.53 Å². The molecule has 0 aliphatic carbocycles. The number of anilines is 2. The van der Waals surface area contributed by atoms with Crippen LogP contribution in [0.4, 0.5) is 11.4 Å². The third kappa shape index (κ3) is 4.07. The summed E-state index contributed by atoms with van der Waals surface area (Å²) in [6.07, 6.45) is 1.64. The normalized spacial score (nSPS) is 14.4. The van der Waals surface area contributed by atoms with Gasteiger partial charge in [0, 0.05) is 36.1 Å². The van der Waals surface area contributed by atoms with E-state index in [4.69, 9.17) is 4.74 Å². The Morgan fingerprint density at radius 1 is 1.10 bits per heavy atom. The molecule has 1 aliphatic rings. The van der Waals surface area contributed by atoms with E-state index in [0.29, 0.717) is 43.4 Å². The smallest absolute Gasteiger partial charge is 0.257 e. The lowest BCUT2D eigenvalue weighted by Crippen LogP contribution is -2.41. The maximum Gasteiger partial charge on any atom is 0.257 e. The highest BCUT2D eigenvalue weighted by Gasteiger charge is 2.23. The van der Waals surface area contributed by atoms with Crippen LogP contribution in [0, 0.1) is 6.92 Å². The molecule has 29 heavy (non-hydrogen) atoms. The fraction of sp³-hybridized carbons (Fsp3) is 0.348. The lowest BCUT2D eigenvalue weighted by atomic mass is 10.0. The Balaban J connectivity index is 1.76. The number of benzene rings is 1. The van der Waals surface area contributed by atoms with Crippen molar-refractivity contribution in [3.63, 3.8) is 0 Å². The van der Waals surface area contributed by atoms with E-state index < -0.39 is 0 Å². The highest BCUT2D eigenvalue weighted by Crippen LogP contribution is 2.30. The number of carbonyl (C=O) groups excluding carboxylic acids is 1. The third-order valence-corrected chi connectivity index (χ3v) is 5.24. The van der Waals surface area contributed by atoms with E-state index in [1.165, 1.54) is 5.56 Å². The minimum Gasteiger partial charge on any atom is -0.378 e. The third-order valence-electron chi connectivity index (χ3n) is 5.24. The number of hydrogen-bond donors (Lipinski definition) is 1. The maximum atomic E-state index is 13.2. The number of nitrogens with zero attached hydrogens (tertiary/aromatic N) is 3. The van der Waals surface area contributed by atoms with E-state index in [9.17, 15) is 4.79 Å². The number of ether oxygens (including phenoxy) is 1. The Labute approximate surface area is 170 Å². The van der Waals surface area contributed by atoms with Crippen LogP contribution < -0.4 is 5.32 Å². The SMILES string of the molecule is Cc1ccc2c(Nc3ccc(C(C)C)cc3)c(C(=O)N3CCOCC3)cnc2n1. The molecule has 6 heteroatoms. The highest BCUT2D eigenvalue weighted by molar-refractivity contribution is 6.07. The molecular weight excluding hydrogens is 364 g/mol. The quantitative estimate of drug-likeness (QED) is 0.720. The maximum absolute atomic E-state index is 13.2. The molecule has 0 spiro atoms. The van der Waals surface area contributed by atoms with Crippen molar-refractivity contribution >= 4 is 28.3 Å². The molecule has 150 valence electrons. The van der Waals surface area contributed by atoms with Gasteiger partial charge in [0.2, 0.25) is 0 Å². The molecular formula is C23H26N4O2. The first-order valence-electron chi connectivity index (χ1n) is 10.0. The van der Waals surface area contributed by atoms with Crippen molar-refractivity contribution in [1.29, 1.82) is 0 Å². The van der Waals surface area contributed by atoms with Gasteiger partial charge in [0.05, 0.1) is 24.5 Å². The van der Waals surface area contributed by atoms with Gasteiger partial charge in [-0.1, -0.05) is 26.0 Å². The molecule has 1 saturated heterocycles. The molecule has 0 radical (unpaired) electrons. The Bertz CT molecular complexity index is 1020. The number of fused-ring (bicyclic) bond motifs is 1. The summed E-state index contributed by atoms with van der Waals surface area (Å²) in [4.78, 5) is 24.1. The molecule has 3 heterocycles. The van der Waals surface area contributed by atoms with Crippen LogP contribution in [0.25, 0.3) is 11.0 Å². The number of aryl methyl sites for hydroxylation is 1. The van der Waals surface area contributed by atoms with Gasteiger partial charge in [-0.25, -0.2) is 9.97 Å². The molecule has 1 amide bonds. The molecule has 1 N–H and O–H groups in total. The van der Waals surface area contributed by atoms with Crippen molar-refractivity contribution in [2.45, 2.75) is 26.7 Å². The van der Waals surface area contributed by atoms with Crippen LogP contribution in [-0.2, 0) is 4.74 Å². The van der Waals surface area contributed by atoms with E-state index in [0.717, 1.165) is 22.5 Å². The van der Waals surface area contributed by atoms with Gasteiger partial charge >= 0.3 is 0 Å². The zero-order valence-corrected chi connectivity index (χ0v) is 17.1. The summed E-state index contributed by atoms with van der Waals surface area (Å²) < 4.78 is 5.39. The first-order valence-corrected chi connectivity index (χ1v) is 10.0. The van der Waals surface area contributed by atoms with Gasteiger partial charge in [-0.3, -0.25) is 4.79 Å². The molecule has 1 aliphatic heterocycles. The number of aromatic nitrogens is 2. The molecule has 6 nitrogen and oxygen atoms in total. The molecule has 0 unspecified atom stereocenters. The van der Waals surface area contributed by atoms with Gasteiger partial charge in [-0.2, -0.15) is 0 Å². The molecule has 3 aromatic rings. The van der Waals surface area contributed by atoms with Crippen molar-refractivity contribution in [3.8, 4) is 0 Å². The minimum atomic E-state index is -0.0374. The highest BCUT2D eigenvalue weighted by atomic mass is 16.5. The Hall–Kier alpha value is -2.99. The number of hydrogen-bond acceptors (Lipinski definition) is 5. The number of rotatable bonds is 4. The number of pyridine rings is 2. The molecule has 1 aromatic carbocycles. The molecule has 1 fully saturated rings. The first-order chi connectivity index (χ1) is 14.0. The average Bonchev–Trinajstić information content (AvgIpc) is 2.74. The van der Waals surface area contributed by atoms with Crippen LogP contribution in [0.2, 0.25) is 0 Å². The summed E-state index contributed by atoms with van der Waals surface area (Å²) in [6.45, 7) is 8.58. The van der Waals surface area contributed by atoms with Crippen LogP contribution in [0.3, 0.4) is 0 Å². The predicted octanol–water partition coefficient (Wildman–Crippen LogP) is 4.28. The molecule has 0 bridgehead atoms. The zero-order chi connectivity index (χ0) is 20.4. The van der Waals surface area contributed by atoms with Crippen LogP contribution in [0.1, 0.15) is 41.4 Å². The van der Waals surface area contributed by atoms with E-state index in [-0.39, 0.29) is 5.91 Å². The lowest BCUT2D eigenvalue weighted by molar-refractivity contribution is 0.0303. The van der Waals surface area contributed by atoms with E-state index in [2.05, 4.69) is 41.3 Å². The summed E-state index contributed by atoms with van der Waals surface area (Å²) in [5.74, 6) is 0.431. The van der Waals surface area contributed by atoms with Crippen molar-refractivity contribution in [3.05, 3.63) is 59.4 Å². The van der Waals surface area contributed by atoms with Gasteiger partial charge in [0.1, 0.15) is 0 Å². The summed E-state index contributed by atoms with van der Waals surface area (Å²) in [5.41, 5.74) is 5.03. The lowest BCUT2D eigenvalue weighted by Gasteiger charge is -2.27. The minimum absolute atomic E-state index is 0.0374. The monoisotopic (exact) mass is 390 g/mol. The number of amides is 1.